The molecule has 0 unspecified atom stereocenters. The molecule has 0 spiro atoms. The summed E-state index contributed by atoms with van der Waals surface area (Å²) in [6.45, 7) is 2.43. The molecule has 4 rings (SSSR count). The van der Waals surface area contributed by atoms with E-state index in [1.807, 2.05) is 0 Å². The second kappa shape index (κ2) is 8.02. The van der Waals surface area contributed by atoms with Crippen LogP contribution in [0.15, 0.2) is 47.4 Å². The molecule has 2 aliphatic rings. The number of rotatable bonds is 4. The van der Waals surface area contributed by atoms with Crippen molar-refractivity contribution < 1.29 is 18.0 Å². The molecule has 0 aromatic heterocycles. The van der Waals surface area contributed by atoms with Crippen molar-refractivity contribution >= 4 is 44.8 Å². The van der Waals surface area contributed by atoms with Gasteiger partial charge >= 0.3 is 0 Å². The van der Waals surface area contributed by atoms with E-state index in [-0.39, 0.29) is 23.1 Å². The van der Waals surface area contributed by atoms with Crippen LogP contribution in [-0.2, 0) is 26.0 Å². The molecule has 9 heteroatoms. The zero-order valence-electron chi connectivity index (χ0n) is 16.5. The number of amides is 2. The van der Waals surface area contributed by atoms with Gasteiger partial charge in [-0.3, -0.25) is 14.5 Å². The molecule has 2 aliphatic heterocycles. The lowest BCUT2D eigenvalue weighted by Gasteiger charge is -2.23. The largest absolute Gasteiger partial charge is 0.324 e. The smallest absolute Gasteiger partial charge is 0.247 e. The first-order chi connectivity index (χ1) is 14.3. The lowest BCUT2D eigenvalue weighted by Crippen LogP contribution is -2.44. The Morgan fingerprint density at radius 1 is 1.07 bits per heavy atom. The fourth-order valence-electron chi connectivity index (χ4n) is 4.02. The molecular weight excluding hydrogens is 426 g/mol. The van der Waals surface area contributed by atoms with Gasteiger partial charge < -0.3 is 5.32 Å². The number of fused-ring (bicyclic) bond motifs is 1. The summed E-state index contributed by atoms with van der Waals surface area (Å²) < 4.78 is 27.3. The topological polar surface area (TPSA) is 86.8 Å². The van der Waals surface area contributed by atoms with E-state index in [0.29, 0.717) is 35.1 Å². The molecule has 158 valence electrons. The minimum Gasteiger partial charge on any atom is -0.324 e. The van der Waals surface area contributed by atoms with Gasteiger partial charge in [-0.15, -0.1) is 0 Å². The maximum atomic E-state index is 12.9. The summed E-state index contributed by atoms with van der Waals surface area (Å²) in [5, 5.41) is 3.36. The molecule has 1 atom stereocenters. The molecule has 1 saturated heterocycles. The average Bonchev–Trinajstić information content (AvgIpc) is 3.37. The van der Waals surface area contributed by atoms with E-state index in [9.17, 15) is 18.0 Å². The Hall–Kier alpha value is -2.42. The van der Waals surface area contributed by atoms with Gasteiger partial charge in [0.25, 0.3) is 0 Å². The summed E-state index contributed by atoms with van der Waals surface area (Å²) in [7, 11) is -3.57. The highest BCUT2D eigenvalue weighted by atomic mass is 35.5. The molecular formula is C21H22ClN3O4S. The number of carbonyl (C=O) groups is 2. The summed E-state index contributed by atoms with van der Waals surface area (Å²) in [5.74, 6) is -0.618. The van der Waals surface area contributed by atoms with Crippen molar-refractivity contribution in [2.45, 2.75) is 37.1 Å². The molecule has 0 bridgehead atoms. The highest BCUT2D eigenvalue weighted by Gasteiger charge is 2.38. The van der Waals surface area contributed by atoms with Gasteiger partial charge in [0, 0.05) is 42.8 Å². The van der Waals surface area contributed by atoms with Gasteiger partial charge in [0.15, 0.2) is 0 Å². The molecule has 0 radical (unpaired) electrons. The minimum absolute atomic E-state index is 0.199. The van der Waals surface area contributed by atoms with Crippen molar-refractivity contribution in [3.63, 3.8) is 0 Å². The summed E-state index contributed by atoms with van der Waals surface area (Å²) in [5.41, 5.74) is 1.81. The monoisotopic (exact) mass is 447 g/mol. The Bertz CT molecular complexity index is 1100. The van der Waals surface area contributed by atoms with Crippen LogP contribution in [0, 0.1) is 0 Å². The molecule has 2 heterocycles. The van der Waals surface area contributed by atoms with E-state index in [2.05, 4.69) is 5.32 Å². The van der Waals surface area contributed by atoms with Crippen LogP contribution in [0.5, 0.6) is 0 Å². The second-order valence-electron chi connectivity index (χ2n) is 7.51. The van der Waals surface area contributed by atoms with E-state index in [1.54, 1.807) is 36.4 Å². The summed E-state index contributed by atoms with van der Waals surface area (Å²) >= 11 is 5.88. The van der Waals surface area contributed by atoms with Crippen LogP contribution >= 0.6 is 11.6 Å². The van der Waals surface area contributed by atoms with Crippen molar-refractivity contribution in [2.24, 2.45) is 0 Å². The van der Waals surface area contributed by atoms with Crippen molar-refractivity contribution in [1.29, 1.82) is 0 Å². The van der Waals surface area contributed by atoms with Gasteiger partial charge in [0.1, 0.15) is 6.04 Å². The number of halogens is 1. The van der Waals surface area contributed by atoms with Crippen molar-refractivity contribution in [1.82, 2.24) is 4.31 Å². The molecule has 1 fully saturated rings. The fourth-order valence-corrected chi connectivity index (χ4v) is 5.72. The van der Waals surface area contributed by atoms with Gasteiger partial charge in [-0.05, 0) is 60.9 Å². The van der Waals surface area contributed by atoms with Gasteiger partial charge in [-0.25, -0.2) is 8.42 Å². The summed E-state index contributed by atoms with van der Waals surface area (Å²) in [6.07, 6.45) is 1.96. The van der Waals surface area contributed by atoms with E-state index in [1.165, 1.54) is 22.2 Å². The molecule has 2 aromatic rings. The molecule has 30 heavy (non-hydrogen) atoms. The van der Waals surface area contributed by atoms with Crippen LogP contribution < -0.4 is 10.2 Å². The van der Waals surface area contributed by atoms with E-state index in [0.717, 1.165) is 12.8 Å². The predicted octanol–water partition coefficient (Wildman–Crippen LogP) is 3.04. The Kier molecular flexibility index (Phi) is 5.57. The quantitative estimate of drug-likeness (QED) is 0.780. The third-order valence-corrected chi connectivity index (χ3v) is 7.64. The van der Waals surface area contributed by atoms with E-state index >= 15 is 0 Å². The lowest BCUT2D eigenvalue weighted by molar-refractivity contribution is -0.122. The molecule has 7 nitrogen and oxygen atoms in total. The van der Waals surface area contributed by atoms with Crippen LogP contribution in [0.4, 0.5) is 11.4 Å². The number of anilines is 2. The number of hydrogen-bond acceptors (Lipinski definition) is 4. The normalized spacial score (nSPS) is 19.0. The van der Waals surface area contributed by atoms with Gasteiger partial charge in [-0.1, -0.05) is 11.6 Å². The number of sulfonamides is 1. The van der Waals surface area contributed by atoms with Crippen molar-refractivity contribution in [2.75, 3.05) is 23.3 Å². The van der Waals surface area contributed by atoms with Gasteiger partial charge in [-0.2, -0.15) is 4.31 Å². The van der Waals surface area contributed by atoms with Crippen molar-refractivity contribution in [3.05, 3.63) is 53.1 Å². The number of carbonyl (C=O) groups excluding carboxylic acids is 2. The molecule has 2 amide bonds. The Balaban J connectivity index is 1.61. The fraction of sp³-hybridized carbons (Fsp3) is 0.333. The molecule has 1 N–H and O–H groups in total. The van der Waals surface area contributed by atoms with E-state index in [4.69, 9.17) is 11.6 Å². The van der Waals surface area contributed by atoms with Crippen LogP contribution in [0.1, 0.15) is 25.3 Å². The lowest BCUT2D eigenvalue weighted by atomic mass is 10.1. The number of nitrogens with one attached hydrogen (secondary N) is 1. The second-order valence-corrected chi connectivity index (χ2v) is 9.88. The highest BCUT2D eigenvalue weighted by molar-refractivity contribution is 7.89. The summed E-state index contributed by atoms with van der Waals surface area (Å²) in [6, 6.07) is 10.7. The maximum absolute atomic E-state index is 12.9. The first-order valence-corrected chi connectivity index (χ1v) is 11.6. The molecule has 2 aromatic carbocycles. The number of hydrogen-bond donors (Lipinski definition) is 1. The third kappa shape index (κ3) is 3.82. The SMILES string of the molecule is CC(=O)N1c2ccc(S(=O)(=O)N3CCCC3)cc2C[C@@H]1C(=O)Nc1ccc(Cl)cc1. The third-order valence-electron chi connectivity index (χ3n) is 5.49. The Morgan fingerprint density at radius 2 is 1.73 bits per heavy atom. The molecule has 0 saturated carbocycles. The van der Waals surface area contributed by atoms with Gasteiger partial charge in [0.05, 0.1) is 4.90 Å². The molecule has 0 aliphatic carbocycles. The number of benzene rings is 2. The predicted molar refractivity (Wildman–Crippen MR) is 115 cm³/mol. The van der Waals surface area contributed by atoms with Crippen LogP contribution in [-0.4, -0.2) is 43.7 Å². The van der Waals surface area contributed by atoms with Gasteiger partial charge in [0.2, 0.25) is 21.8 Å². The number of nitrogens with zero attached hydrogens (tertiary/aromatic N) is 2. The first-order valence-electron chi connectivity index (χ1n) is 9.77. The standard InChI is InChI=1S/C21H22ClN3O4S/c1-14(26)25-19-9-8-18(30(28,29)24-10-2-3-11-24)12-15(19)13-20(25)21(27)23-17-6-4-16(22)5-7-17/h4-9,12,20H,2-3,10-11,13H2,1H3,(H,23,27)/t20-/m1/s1. The van der Waals surface area contributed by atoms with Crippen molar-refractivity contribution in [3.8, 4) is 0 Å². The zero-order chi connectivity index (χ0) is 21.5. The maximum Gasteiger partial charge on any atom is 0.247 e. The first kappa shape index (κ1) is 20.8. The highest BCUT2D eigenvalue weighted by Crippen LogP contribution is 2.35. The Morgan fingerprint density at radius 3 is 2.37 bits per heavy atom. The van der Waals surface area contributed by atoms with Crippen LogP contribution in [0.25, 0.3) is 0 Å². The zero-order valence-corrected chi connectivity index (χ0v) is 18.0. The van der Waals surface area contributed by atoms with Crippen LogP contribution in [0.2, 0.25) is 5.02 Å². The van der Waals surface area contributed by atoms with Crippen LogP contribution in [0.3, 0.4) is 0 Å². The minimum atomic E-state index is -3.57. The Labute approximate surface area is 180 Å². The summed E-state index contributed by atoms with van der Waals surface area (Å²) in [4.78, 5) is 26.8. The average molecular weight is 448 g/mol. The van der Waals surface area contributed by atoms with E-state index < -0.39 is 16.1 Å².